The fourth-order valence-electron chi connectivity index (χ4n) is 1.76. The van der Waals surface area contributed by atoms with Gasteiger partial charge in [-0.05, 0) is 31.0 Å². The summed E-state index contributed by atoms with van der Waals surface area (Å²) in [4.78, 5) is 0. The van der Waals surface area contributed by atoms with E-state index in [2.05, 4.69) is 12.0 Å². The van der Waals surface area contributed by atoms with Crippen molar-refractivity contribution in [2.45, 2.75) is 26.8 Å². The molecule has 0 aliphatic heterocycles. The van der Waals surface area contributed by atoms with Crippen LogP contribution in [0.5, 0.6) is 0 Å². The molecule has 0 amide bonds. The molecule has 0 spiro atoms. The van der Waals surface area contributed by atoms with Crippen LogP contribution < -0.4 is 5.73 Å². The Morgan fingerprint density at radius 2 is 2.18 bits per heavy atom. The molecule has 2 N–H and O–H groups in total. The number of hydrogen-bond donors (Lipinski definition) is 1. The average molecular weight is 233 g/mol. The summed E-state index contributed by atoms with van der Waals surface area (Å²) >= 11 is 0. The molecule has 1 aromatic heterocycles. The first-order chi connectivity index (χ1) is 8.11. The van der Waals surface area contributed by atoms with Crippen LogP contribution in [0.4, 0.5) is 10.1 Å². The third-order valence-corrected chi connectivity index (χ3v) is 2.75. The van der Waals surface area contributed by atoms with Crippen molar-refractivity contribution in [2.24, 2.45) is 0 Å². The number of nitrogens with zero attached hydrogens (tertiary/aromatic N) is 2. The molecule has 4 heteroatoms. The summed E-state index contributed by atoms with van der Waals surface area (Å²) in [5.74, 6) is -0.257. The molecular weight excluding hydrogens is 217 g/mol. The van der Waals surface area contributed by atoms with Gasteiger partial charge in [0.25, 0.3) is 0 Å². The van der Waals surface area contributed by atoms with Gasteiger partial charge in [-0.2, -0.15) is 5.10 Å². The Labute approximate surface area is 100 Å². The van der Waals surface area contributed by atoms with Crippen molar-refractivity contribution >= 4 is 5.69 Å². The largest absolute Gasteiger partial charge is 0.398 e. The van der Waals surface area contributed by atoms with E-state index < -0.39 is 0 Å². The highest BCUT2D eigenvalue weighted by Gasteiger charge is 2.09. The van der Waals surface area contributed by atoms with Gasteiger partial charge in [0.1, 0.15) is 5.82 Å². The highest BCUT2D eigenvalue weighted by atomic mass is 19.1. The standard InChI is InChI=1S/C13H16FN3/c1-3-4-17-8-10(7-16-17)11-6-13(15)9(2)5-12(11)14/h5-8H,3-4,15H2,1-2H3. The molecular formula is C13H16FN3. The lowest BCUT2D eigenvalue weighted by atomic mass is 10.1. The quantitative estimate of drug-likeness (QED) is 0.828. The molecule has 17 heavy (non-hydrogen) atoms. The van der Waals surface area contributed by atoms with E-state index in [-0.39, 0.29) is 5.82 Å². The first kappa shape index (κ1) is 11.6. The van der Waals surface area contributed by atoms with Gasteiger partial charge in [0.05, 0.1) is 6.20 Å². The van der Waals surface area contributed by atoms with Crippen LogP contribution in [0.25, 0.3) is 11.1 Å². The Morgan fingerprint density at radius 1 is 1.41 bits per heavy atom. The maximum absolute atomic E-state index is 13.8. The number of aromatic nitrogens is 2. The zero-order valence-electron chi connectivity index (χ0n) is 10.1. The lowest BCUT2D eigenvalue weighted by Crippen LogP contribution is -1.96. The minimum absolute atomic E-state index is 0.257. The van der Waals surface area contributed by atoms with Gasteiger partial charge in [-0.1, -0.05) is 6.92 Å². The van der Waals surface area contributed by atoms with Gasteiger partial charge < -0.3 is 5.73 Å². The molecule has 0 fully saturated rings. The van der Waals surface area contributed by atoms with E-state index in [4.69, 9.17) is 5.73 Å². The van der Waals surface area contributed by atoms with Gasteiger partial charge >= 0.3 is 0 Å². The number of rotatable bonds is 3. The molecule has 0 aliphatic rings. The van der Waals surface area contributed by atoms with Crippen LogP contribution in [0.15, 0.2) is 24.5 Å². The number of halogens is 1. The predicted molar refractivity (Wildman–Crippen MR) is 67.1 cm³/mol. The topological polar surface area (TPSA) is 43.8 Å². The maximum atomic E-state index is 13.8. The third kappa shape index (κ3) is 2.30. The summed E-state index contributed by atoms with van der Waals surface area (Å²) in [6.45, 7) is 4.71. The maximum Gasteiger partial charge on any atom is 0.131 e. The fraction of sp³-hybridized carbons (Fsp3) is 0.308. The molecule has 0 unspecified atom stereocenters. The van der Waals surface area contributed by atoms with E-state index in [1.165, 1.54) is 6.07 Å². The zero-order chi connectivity index (χ0) is 12.4. The summed E-state index contributed by atoms with van der Waals surface area (Å²) in [5, 5.41) is 4.18. The number of benzene rings is 1. The lowest BCUT2D eigenvalue weighted by molar-refractivity contribution is 0.602. The first-order valence-corrected chi connectivity index (χ1v) is 5.70. The third-order valence-electron chi connectivity index (χ3n) is 2.75. The van der Waals surface area contributed by atoms with E-state index in [1.807, 2.05) is 10.9 Å². The second kappa shape index (κ2) is 4.57. The van der Waals surface area contributed by atoms with Crippen LogP contribution in [0.1, 0.15) is 18.9 Å². The molecule has 1 heterocycles. The van der Waals surface area contributed by atoms with E-state index in [0.29, 0.717) is 11.3 Å². The predicted octanol–water partition coefficient (Wildman–Crippen LogP) is 2.99. The van der Waals surface area contributed by atoms with Crippen molar-refractivity contribution < 1.29 is 4.39 Å². The van der Waals surface area contributed by atoms with Crippen LogP contribution >= 0.6 is 0 Å². The summed E-state index contributed by atoms with van der Waals surface area (Å²) < 4.78 is 15.6. The van der Waals surface area contributed by atoms with E-state index >= 15 is 0 Å². The molecule has 0 aliphatic carbocycles. The number of nitrogens with two attached hydrogens (primary N) is 1. The number of aryl methyl sites for hydroxylation is 2. The number of anilines is 1. The first-order valence-electron chi connectivity index (χ1n) is 5.70. The van der Waals surface area contributed by atoms with E-state index in [0.717, 1.165) is 24.1 Å². The van der Waals surface area contributed by atoms with Crippen molar-refractivity contribution in [3.8, 4) is 11.1 Å². The molecule has 90 valence electrons. The minimum Gasteiger partial charge on any atom is -0.398 e. The Balaban J connectivity index is 2.41. The Morgan fingerprint density at radius 3 is 2.88 bits per heavy atom. The molecule has 0 bridgehead atoms. The summed E-state index contributed by atoms with van der Waals surface area (Å²) in [5.41, 5.74) is 8.43. The van der Waals surface area contributed by atoms with Crippen molar-refractivity contribution in [1.29, 1.82) is 0 Å². The molecule has 2 aromatic rings. The highest BCUT2D eigenvalue weighted by Crippen LogP contribution is 2.26. The van der Waals surface area contributed by atoms with Crippen LogP contribution in [-0.2, 0) is 6.54 Å². The van der Waals surface area contributed by atoms with Gasteiger partial charge in [0.2, 0.25) is 0 Å². The number of nitrogen functional groups attached to an aromatic ring is 1. The molecule has 0 radical (unpaired) electrons. The van der Waals surface area contributed by atoms with Gasteiger partial charge in [0, 0.05) is 29.6 Å². The smallest absolute Gasteiger partial charge is 0.131 e. The average Bonchev–Trinajstić information content (AvgIpc) is 2.72. The lowest BCUT2D eigenvalue weighted by Gasteiger charge is -2.05. The summed E-state index contributed by atoms with van der Waals surface area (Å²) in [7, 11) is 0. The van der Waals surface area contributed by atoms with Gasteiger partial charge in [-0.25, -0.2) is 4.39 Å². The van der Waals surface area contributed by atoms with Crippen LogP contribution in [-0.4, -0.2) is 9.78 Å². The Bertz CT molecular complexity index is 531. The Kier molecular flexibility index (Phi) is 3.13. The van der Waals surface area contributed by atoms with Crippen LogP contribution in [0.2, 0.25) is 0 Å². The molecule has 0 atom stereocenters. The van der Waals surface area contributed by atoms with Crippen LogP contribution in [0, 0.1) is 12.7 Å². The monoisotopic (exact) mass is 233 g/mol. The van der Waals surface area contributed by atoms with Gasteiger partial charge in [-0.15, -0.1) is 0 Å². The minimum atomic E-state index is -0.257. The molecule has 2 rings (SSSR count). The van der Waals surface area contributed by atoms with Crippen molar-refractivity contribution in [2.75, 3.05) is 5.73 Å². The Hall–Kier alpha value is -1.84. The number of hydrogen-bond acceptors (Lipinski definition) is 2. The van der Waals surface area contributed by atoms with Gasteiger partial charge in [-0.3, -0.25) is 4.68 Å². The van der Waals surface area contributed by atoms with Crippen LogP contribution in [0.3, 0.4) is 0 Å². The molecule has 3 nitrogen and oxygen atoms in total. The van der Waals surface area contributed by atoms with Crippen molar-refractivity contribution in [3.05, 3.63) is 35.9 Å². The van der Waals surface area contributed by atoms with Crippen molar-refractivity contribution in [3.63, 3.8) is 0 Å². The summed E-state index contributed by atoms with van der Waals surface area (Å²) in [6, 6.07) is 3.12. The second-order valence-corrected chi connectivity index (χ2v) is 4.18. The molecule has 0 saturated carbocycles. The molecule has 0 saturated heterocycles. The zero-order valence-corrected chi connectivity index (χ0v) is 10.1. The molecule has 1 aromatic carbocycles. The SMILES string of the molecule is CCCn1cc(-c2cc(N)c(C)cc2F)cn1. The fourth-order valence-corrected chi connectivity index (χ4v) is 1.76. The normalized spacial score (nSPS) is 10.8. The van der Waals surface area contributed by atoms with Crippen molar-refractivity contribution in [1.82, 2.24) is 9.78 Å². The van der Waals surface area contributed by atoms with E-state index in [9.17, 15) is 4.39 Å². The van der Waals surface area contributed by atoms with E-state index in [1.54, 1.807) is 19.2 Å². The second-order valence-electron chi connectivity index (χ2n) is 4.18. The van der Waals surface area contributed by atoms with Gasteiger partial charge in [0.15, 0.2) is 0 Å². The highest BCUT2D eigenvalue weighted by molar-refractivity contribution is 5.68. The summed E-state index contributed by atoms with van der Waals surface area (Å²) in [6.07, 6.45) is 4.51.